The Balaban J connectivity index is 1.45. The van der Waals surface area contributed by atoms with Gasteiger partial charge in [-0.25, -0.2) is 12.8 Å². The molecule has 0 unspecified atom stereocenters. The number of ketones is 1. The van der Waals surface area contributed by atoms with Crippen molar-refractivity contribution in [1.29, 1.82) is 5.26 Å². The van der Waals surface area contributed by atoms with Crippen LogP contribution in [0, 0.1) is 30.0 Å². The Hall–Kier alpha value is -3.52. The number of halogens is 1. The quantitative estimate of drug-likeness (QED) is 0.489. The monoisotopic (exact) mass is 484 g/mol. The van der Waals surface area contributed by atoms with E-state index in [0.717, 1.165) is 12.5 Å². The summed E-state index contributed by atoms with van der Waals surface area (Å²) in [5.74, 6) is -3.11. The molecule has 3 heterocycles. The molecule has 1 saturated carbocycles. The van der Waals surface area contributed by atoms with Crippen LogP contribution in [0.2, 0.25) is 0 Å². The lowest BCUT2D eigenvalue weighted by atomic mass is 10.0. The number of nitrogens with zero attached hydrogens (tertiary/aromatic N) is 2. The maximum atomic E-state index is 13.6. The highest BCUT2D eigenvalue weighted by Gasteiger charge is 2.51. The van der Waals surface area contributed by atoms with Gasteiger partial charge in [0.05, 0.1) is 28.2 Å². The van der Waals surface area contributed by atoms with Gasteiger partial charge in [0.2, 0.25) is 0 Å². The molecule has 1 aromatic carbocycles. The molecule has 2 aliphatic heterocycles. The van der Waals surface area contributed by atoms with Crippen LogP contribution in [0.4, 0.5) is 10.1 Å². The van der Waals surface area contributed by atoms with Crippen LogP contribution in [0.3, 0.4) is 0 Å². The summed E-state index contributed by atoms with van der Waals surface area (Å²) >= 11 is 0. The molecule has 0 bridgehead atoms. The number of amides is 2. The number of sulfone groups is 1. The predicted molar refractivity (Wildman–Crippen MR) is 119 cm³/mol. The third kappa shape index (κ3) is 3.49. The van der Waals surface area contributed by atoms with Gasteiger partial charge in [0.1, 0.15) is 17.6 Å². The van der Waals surface area contributed by atoms with Crippen molar-refractivity contribution >= 4 is 33.1 Å². The van der Waals surface area contributed by atoms with Crippen molar-refractivity contribution in [1.82, 2.24) is 9.88 Å². The average Bonchev–Trinajstić information content (AvgIpc) is 3.31. The number of nitriles is 1. The van der Waals surface area contributed by atoms with Crippen LogP contribution < -0.4 is 10.6 Å². The summed E-state index contributed by atoms with van der Waals surface area (Å²) < 4.78 is 38.5. The van der Waals surface area contributed by atoms with Crippen molar-refractivity contribution in [3.05, 3.63) is 52.1 Å². The molecule has 11 heteroatoms. The van der Waals surface area contributed by atoms with Crippen LogP contribution in [-0.4, -0.2) is 47.6 Å². The molecular weight excluding hydrogens is 463 g/mol. The van der Waals surface area contributed by atoms with E-state index in [9.17, 15) is 27.2 Å². The van der Waals surface area contributed by atoms with E-state index in [-0.39, 0.29) is 40.1 Å². The van der Waals surface area contributed by atoms with Crippen LogP contribution in [0.25, 0.3) is 0 Å². The molecule has 1 saturated heterocycles. The Morgan fingerprint density at radius 1 is 1.26 bits per heavy atom. The summed E-state index contributed by atoms with van der Waals surface area (Å²) in [6.45, 7) is 3.17. The van der Waals surface area contributed by atoms with Crippen molar-refractivity contribution in [2.24, 2.45) is 5.92 Å². The van der Waals surface area contributed by atoms with Gasteiger partial charge in [0, 0.05) is 17.4 Å². The van der Waals surface area contributed by atoms with E-state index in [1.54, 1.807) is 24.5 Å². The van der Waals surface area contributed by atoms with Gasteiger partial charge in [0.15, 0.2) is 9.84 Å². The van der Waals surface area contributed by atoms with Crippen LogP contribution in [0.5, 0.6) is 0 Å². The molecule has 2 fully saturated rings. The Kier molecular flexibility index (Phi) is 4.74. The number of rotatable bonds is 5. The second-order valence-electron chi connectivity index (χ2n) is 9.57. The summed E-state index contributed by atoms with van der Waals surface area (Å²) in [6, 6.07) is 5.43. The number of nitrogens with one attached hydrogen (secondary N) is 2. The lowest BCUT2D eigenvalue weighted by molar-refractivity contribution is -0.118. The van der Waals surface area contributed by atoms with E-state index in [4.69, 9.17) is 5.26 Å². The molecule has 5 rings (SSSR count). The van der Waals surface area contributed by atoms with Gasteiger partial charge >= 0.3 is 0 Å². The van der Waals surface area contributed by atoms with Gasteiger partial charge < -0.3 is 15.2 Å². The van der Waals surface area contributed by atoms with E-state index in [1.807, 2.05) is 0 Å². The highest BCUT2D eigenvalue weighted by Crippen LogP contribution is 2.54. The second kappa shape index (κ2) is 7.24. The van der Waals surface area contributed by atoms with Gasteiger partial charge in [0.25, 0.3) is 17.6 Å². The Morgan fingerprint density at radius 3 is 2.62 bits per heavy atom. The largest absolute Gasteiger partial charge is 0.342 e. The number of carbonyl (C=O) groups is 3. The first-order valence-electron chi connectivity index (χ1n) is 10.7. The van der Waals surface area contributed by atoms with Crippen molar-refractivity contribution in [3.63, 3.8) is 0 Å². The number of benzene rings is 1. The molecule has 9 nitrogen and oxygen atoms in total. The summed E-state index contributed by atoms with van der Waals surface area (Å²) in [6.07, 6.45) is 1.43. The number of aromatic nitrogens is 1. The van der Waals surface area contributed by atoms with Crippen LogP contribution in [-0.2, 0) is 21.1 Å². The zero-order valence-electron chi connectivity index (χ0n) is 18.4. The number of Topliss-reactive ketones (excluding diaryl/α,β-unsaturated/α-hetero) is 1. The van der Waals surface area contributed by atoms with Crippen molar-refractivity contribution < 1.29 is 27.2 Å². The van der Waals surface area contributed by atoms with E-state index >= 15 is 0 Å². The predicted octanol–water partition coefficient (Wildman–Crippen LogP) is 1.66. The number of anilines is 1. The molecule has 34 heavy (non-hydrogen) atoms. The number of hydrogen-bond donors (Lipinski definition) is 2. The fourth-order valence-electron chi connectivity index (χ4n) is 5.26. The maximum absolute atomic E-state index is 13.6. The molecule has 2 N–H and O–H groups in total. The molecule has 0 radical (unpaired) electrons. The van der Waals surface area contributed by atoms with Crippen molar-refractivity contribution in [2.45, 2.75) is 38.3 Å². The first-order valence-corrected chi connectivity index (χ1v) is 12.6. The molecule has 2 aromatic rings. The molecular formula is C23H21FN4O5S. The number of carbonyl (C=O) groups excluding carboxylic acids is 3. The molecule has 3 aliphatic rings. The van der Waals surface area contributed by atoms with Gasteiger partial charge in [-0.15, -0.1) is 0 Å². The molecule has 1 aliphatic carbocycles. The van der Waals surface area contributed by atoms with E-state index in [1.165, 1.54) is 12.1 Å². The van der Waals surface area contributed by atoms with Crippen LogP contribution >= 0.6 is 0 Å². The topological polar surface area (TPSA) is 138 Å². The van der Waals surface area contributed by atoms with Crippen molar-refractivity contribution in [2.75, 3.05) is 16.8 Å². The summed E-state index contributed by atoms with van der Waals surface area (Å²) in [4.78, 5) is 39.1. The van der Waals surface area contributed by atoms with E-state index in [2.05, 4.69) is 10.6 Å². The third-order valence-electron chi connectivity index (χ3n) is 6.71. The minimum Gasteiger partial charge on any atom is -0.342 e. The molecule has 1 aromatic heterocycles. The molecule has 176 valence electrons. The first-order chi connectivity index (χ1) is 15.9. The molecule has 2 amide bonds. The summed E-state index contributed by atoms with van der Waals surface area (Å²) in [7, 11) is -3.22. The van der Waals surface area contributed by atoms with E-state index in [0.29, 0.717) is 23.6 Å². The number of hydrogen-bond acceptors (Lipinski definition) is 6. The zero-order valence-corrected chi connectivity index (χ0v) is 19.3. The standard InChI is InChI=1S/C23H21FN4O5S/c1-11-18(20(29)22(31)27-23(2)9-34(32,33)10-23)17-7-12-6-16(12)28(17)19(11)21(30)26-14-3-4-15(24)13(5-14)8-25/h3-5,12,16H,6-7,9-10H2,1-2H3,(H,26,30)(H,27,31)/t12-,16-/m1/s1. The van der Waals surface area contributed by atoms with Crippen molar-refractivity contribution in [3.8, 4) is 6.07 Å². The summed E-state index contributed by atoms with van der Waals surface area (Å²) in [5, 5.41) is 14.2. The first kappa shape index (κ1) is 22.3. The number of fused-ring (bicyclic) bond motifs is 3. The normalized spacial score (nSPS) is 22.5. The van der Waals surface area contributed by atoms with Crippen LogP contribution in [0.15, 0.2) is 18.2 Å². The van der Waals surface area contributed by atoms with Gasteiger partial charge in [-0.2, -0.15) is 5.26 Å². The lowest BCUT2D eigenvalue weighted by Crippen LogP contribution is -2.64. The Bertz CT molecular complexity index is 1440. The Labute approximate surface area is 194 Å². The summed E-state index contributed by atoms with van der Waals surface area (Å²) in [5.41, 5.74) is 0.406. The fourth-order valence-corrected chi connectivity index (χ4v) is 7.26. The second-order valence-corrected chi connectivity index (χ2v) is 11.6. The van der Waals surface area contributed by atoms with Gasteiger partial charge in [-0.1, -0.05) is 0 Å². The van der Waals surface area contributed by atoms with Gasteiger partial charge in [-0.3, -0.25) is 14.4 Å². The zero-order chi connectivity index (χ0) is 24.6. The fraction of sp³-hybridized carbons (Fsp3) is 0.391. The molecule has 0 spiro atoms. The highest BCUT2D eigenvalue weighted by molar-refractivity contribution is 7.93. The van der Waals surface area contributed by atoms with Crippen LogP contribution in [0.1, 0.15) is 57.1 Å². The van der Waals surface area contributed by atoms with E-state index < -0.39 is 38.8 Å². The third-order valence-corrected chi connectivity index (χ3v) is 8.86. The lowest BCUT2D eigenvalue weighted by Gasteiger charge is -2.38. The van der Waals surface area contributed by atoms with Gasteiger partial charge in [-0.05, 0) is 56.4 Å². The highest BCUT2D eigenvalue weighted by atomic mass is 32.2. The average molecular weight is 485 g/mol. The molecule has 2 atom stereocenters. The smallest absolute Gasteiger partial charge is 0.292 e. The maximum Gasteiger partial charge on any atom is 0.292 e. The SMILES string of the molecule is Cc1c(C(=O)C(=O)NC2(C)CS(=O)(=O)C2)c2n(c1C(=O)Nc1ccc(F)c(C#N)c1)[C@@H]1C[C@@H]1C2. The Morgan fingerprint density at radius 2 is 1.97 bits per heavy atom. The minimum atomic E-state index is -3.22. The minimum absolute atomic E-state index is 0.0660.